The fourth-order valence-corrected chi connectivity index (χ4v) is 6.01. The Balaban J connectivity index is 1.28. The van der Waals surface area contributed by atoms with E-state index in [-0.39, 0.29) is 42.2 Å². The number of allylic oxidation sites excluding steroid dienone is 1. The SMILES string of the molecule is CC(C)C(=N)/C=C(/NC(=O)N[C@H]1CCC(Oc2ccc(=N)n(C(=N)N3CCCC[C@@H]3C)c2)c2ccccc21)Nc1cnn(CCO)c1. The number of piperidine rings is 1. The Morgan fingerprint density at radius 1 is 1.11 bits per heavy atom. The zero-order chi connectivity index (χ0) is 33.5. The third-order valence-electron chi connectivity index (χ3n) is 8.66. The lowest BCUT2D eigenvalue weighted by Crippen LogP contribution is -2.47. The van der Waals surface area contributed by atoms with Crippen molar-refractivity contribution in [3.63, 3.8) is 0 Å². The van der Waals surface area contributed by atoms with E-state index in [1.54, 1.807) is 46.0 Å². The van der Waals surface area contributed by atoms with Crippen LogP contribution in [0.25, 0.3) is 0 Å². The smallest absolute Gasteiger partial charge is 0.320 e. The summed E-state index contributed by atoms with van der Waals surface area (Å²) in [6.45, 7) is 7.05. The van der Waals surface area contributed by atoms with Gasteiger partial charge in [0.25, 0.3) is 0 Å². The number of hydrogen-bond donors (Lipinski definition) is 7. The largest absolute Gasteiger partial charge is 0.484 e. The van der Waals surface area contributed by atoms with Crippen molar-refractivity contribution in [2.75, 3.05) is 18.5 Å². The van der Waals surface area contributed by atoms with Crippen LogP contribution in [0.2, 0.25) is 0 Å². The summed E-state index contributed by atoms with van der Waals surface area (Å²) in [7, 11) is 0. The van der Waals surface area contributed by atoms with Crippen molar-refractivity contribution < 1.29 is 14.6 Å². The molecule has 3 heterocycles. The van der Waals surface area contributed by atoms with Crippen molar-refractivity contribution in [3.05, 3.63) is 83.5 Å². The molecule has 1 unspecified atom stereocenters. The Kier molecular flexibility index (Phi) is 10.8. The molecule has 5 rings (SSSR count). The number of hydrogen-bond acceptors (Lipinski definition) is 8. The van der Waals surface area contributed by atoms with Gasteiger partial charge in [0.15, 0.2) is 0 Å². The second-order valence-corrected chi connectivity index (χ2v) is 12.5. The number of nitrogens with zero attached hydrogens (tertiary/aromatic N) is 4. The molecule has 0 saturated carbocycles. The molecule has 2 aliphatic rings. The van der Waals surface area contributed by atoms with Gasteiger partial charge in [0.2, 0.25) is 5.96 Å². The third-order valence-corrected chi connectivity index (χ3v) is 8.66. The maximum atomic E-state index is 13.3. The van der Waals surface area contributed by atoms with E-state index in [0.29, 0.717) is 42.4 Å². The molecule has 13 heteroatoms. The summed E-state index contributed by atoms with van der Waals surface area (Å²) < 4.78 is 9.67. The van der Waals surface area contributed by atoms with Crippen molar-refractivity contribution in [2.24, 2.45) is 5.92 Å². The van der Waals surface area contributed by atoms with Crippen LogP contribution in [0.4, 0.5) is 10.5 Å². The number of aliphatic hydroxyl groups excluding tert-OH is 1. The van der Waals surface area contributed by atoms with Gasteiger partial charge in [-0.2, -0.15) is 5.10 Å². The van der Waals surface area contributed by atoms with Gasteiger partial charge in [-0.05, 0) is 74.3 Å². The van der Waals surface area contributed by atoms with E-state index < -0.39 is 6.03 Å². The second kappa shape index (κ2) is 15.1. The number of carbonyl (C=O) groups excluding carboxylic acids is 1. The number of rotatable bonds is 10. The summed E-state index contributed by atoms with van der Waals surface area (Å²) in [5.74, 6) is 1.17. The van der Waals surface area contributed by atoms with Crippen LogP contribution in [-0.2, 0) is 6.54 Å². The number of ether oxygens (including phenoxy) is 1. The summed E-state index contributed by atoms with van der Waals surface area (Å²) in [4.78, 5) is 15.4. The number of urea groups is 1. The molecule has 1 aromatic carbocycles. The fourth-order valence-electron chi connectivity index (χ4n) is 6.01. The van der Waals surface area contributed by atoms with E-state index in [1.807, 2.05) is 38.1 Å². The Bertz CT molecular complexity index is 1680. The molecule has 2 amide bonds. The minimum atomic E-state index is -0.417. The van der Waals surface area contributed by atoms with Crippen LogP contribution in [0.3, 0.4) is 0 Å². The van der Waals surface area contributed by atoms with E-state index >= 15 is 0 Å². The fraction of sp³-hybridized carbons (Fsp3) is 0.441. The van der Waals surface area contributed by atoms with Crippen LogP contribution in [0.15, 0.2) is 66.9 Å². The van der Waals surface area contributed by atoms with Crippen LogP contribution in [0.5, 0.6) is 5.75 Å². The van der Waals surface area contributed by atoms with E-state index in [0.717, 1.165) is 36.9 Å². The van der Waals surface area contributed by atoms with Crippen LogP contribution >= 0.6 is 0 Å². The van der Waals surface area contributed by atoms with Gasteiger partial charge in [-0.3, -0.25) is 25.4 Å². The molecule has 2 aromatic heterocycles. The van der Waals surface area contributed by atoms with Crippen molar-refractivity contribution in [1.82, 2.24) is 29.9 Å². The van der Waals surface area contributed by atoms with Gasteiger partial charge in [-0.1, -0.05) is 38.1 Å². The maximum absolute atomic E-state index is 13.3. The first-order valence-corrected chi connectivity index (χ1v) is 16.3. The number of amides is 2. The van der Waals surface area contributed by atoms with Crippen LogP contribution in [-0.4, -0.2) is 61.2 Å². The van der Waals surface area contributed by atoms with Gasteiger partial charge in [0, 0.05) is 24.5 Å². The molecule has 0 spiro atoms. The molecule has 1 fully saturated rings. The minimum Gasteiger partial charge on any atom is -0.484 e. The third kappa shape index (κ3) is 8.28. The number of benzene rings is 1. The first-order chi connectivity index (χ1) is 22.6. The van der Waals surface area contributed by atoms with Crippen LogP contribution in [0, 0.1) is 22.1 Å². The van der Waals surface area contributed by atoms with E-state index in [9.17, 15) is 9.90 Å². The minimum absolute atomic E-state index is 0.0401. The van der Waals surface area contributed by atoms with Gasteiger partial charge >= 0.3 is 6.03 Å². The van der Waals surface area contributed by atoms with Crippen molar-refractivity contribution in [2.45, 2.75) is 77.6 Å². The summed E-state index contributed by atoms with van der Waals surface area (Å²) >= 11 is 0. The predicted molar refractivity (Wildman–Crippen MR) is 180 cm³/mol. The average Bonchev–Trinajstić information content (AvgIpc) is 3.49. The molecule has 0 bridgehead atoms. The lowest BCUT2D eigenvalue weighted by atomic mass is 9.85. The monoisotopic (exact) mass is 642 g/mol. The summed E-state index contributed by atoms with van der Waals surface area (Å²) in [6.07, 6.45) is 10.9. The summed E-state index contributed by atoms with van der Waals surface area (Å²) in [6, 6.07) is 10.9. The zero-order valence-corrected chi connectivity index (χ0v) is 27.3. The molecule has 7 N–H and O–H groups in total. The van der Waals surface area contributed by atoms with E-state index in [4.69, 9.17) is 21.0 Å². The van der Waals surface area contributed by atoms with Crippen LogP contribution < -0.4 is 26.2 Å². The highest BCUT2D eigenvalue weighted by molar-refractivity contribution is 5.95. The molecule has 3 atom stereocenters. The highest BCUT2D eigenvalue weighted by atomic mass is 16.5. The number of aromatic nitrogens is 3. The van der Waals surface area contributed by atoms with Gasteiger partial charge in [-0.25, -0.2) is 4.79 Å². The molecule has 250 valence electrons. The Morgan fingerprint density at radius 3 is 2.64 bits per heavy atom. The maximum Gasteiger partial charge on any atom is 0.320 e. The summed E-state index contributed by atoms with van der Waals surface area (Å²) in [5.41, 5.74) is 3.11. The molecule has 1 saturated heterocycles. The molecule has 47 heavy (non-hydrogen) atoms. The molecule has 1 aliphatic heterocycles. The lowest BCUT2D eigenvalue weighted by Gasteiger charge is -2.36. The highest BCUT2D eigenvalue weighted by Crippen LogP contribution is 2.38. The number of aliphatic hydroxyl groups is 1. The molecular formula is C34H46N10O3. The first kappa shape index (κ1) is 33.5. The molecule has 0 radical (unpaired) electrons. The van der Waals surface area contributed by atoms with Crippen molar-refractivity contribution in [1.29, 1.82) is 16.2 Å². The number of fused-ring (bicyclic) bond motifs is 1. The standard InChI is InChI=1S/C34H46N10O3/c1-22(2)28(35)18-32(39-24-19-38-42(20-24)16-17-45)41-34(46)40-29-12-13-30(27-10-5-4-9-26(27)29)47-25-11-14-31(36)44(21-25)33(37)43-15-7-6-8-23(43)3/h4-5,9-11,14,18-23,29-30,35-37,39,45H,6-8,12-13,15-17H2,1-3H3,(H2,40,41,46)/b32-18+,35-28?,36-31?,37-33?/t23-,29-,30?/m0/s1. The molecule has 1 aliphatic carbocycles. The van der Waals surface area contributed by atoms with Gasteiger partial charge in [-0.15, -0.1) is 0 Å². The van der Waals surface area contributed by atoms with Gasteiger partial charge in [0.05, 0.1) is 37.3 Å². The van der Waals surface area contributed by atoms with Crippen molar-refractivity contribution >= 4 is 23.4 Å². The second-order valence-electron chi connectivity index (χ2n) is 12.5. The number of nitrogens with one attached hydrogen (secondary N) is 6. The summed E-state index contributed by atoms with van der Waals surface area (Å²) in [5, 5.41) is 48.2. The Morgan fingerprint density at radius 2 is 1.89 bits per heavy atom. The highest BCUT2D eigenvalue weighted by Gasteiger charge is 2.30. The number of anilines is 1. The predicted octanol–water partition coefficient (Wildman–Crippen LogP) is 4.70. The molecule has 13 nitrogen and oxygen atoms in total. The Labute approximate surface area is 275 Å². The average molecular weight is 643 g/mol. The van der Waals surface area contributed by atoms with Crippen molar-refractivity contribution in [3.8, 4) is 5.75 Å². The number of carbonyl (C=O) groups is 1. The normalized spacial score (nSPS) is 19.6. The van der Waals surface area contributed by atoms with Crippen LogP contribution in [0.1, 0.15) is 76.1 Å². The number of pyridine rings is 1. The number of likely N-dealkylation sites (tertiary alicyclic amines) is 1. The van der Waals surface area contributed by atoms with E-state index in [2.05, 4.69) is 32.9 Å². The van der Waals surface area contributed by atoms with Gasteiger partial charge in [0.1, 0.15) is 23.2 Å². The quantitative estimate of drug-likeness (QED) is 0.124. The Hall–Kier alpha value is -4.91. The molecular weight excluding hydrogens is 596 g/mol. The first-order valence-electron chi connectivity index (χ1n) is 16.3. The van der Waals surface area contributed by atoms with E-state index in [1.165, 1.54) is 0 Å². The zero-order valence-electron chi connectivity index (χ0n) is 27.3. The lowest BCUT2D eigenvalue weighted by molar-refractivity contribution is 0.170. The topological polar surface area (TPSA) is 180 Å². The van der Waals surface area contributed by atoms with Gasteiger partial charge < -0.3 is 30.8 Å². The molecule has 3 aromatic rings.